The highest BCUT2D eigenvalue weighted by Crippen LogP contribution is 2.58. The lowest BCUT2D eigenvalue weighted by Gasteiger charge is -2.27. The molecule has 3 saturated carbocycles. The van der Waals surface area contributed by atoms with E-state index >= 15 is 0 Å². The second-order valence-electron chi connectivity index (χ2n) is 7.49. The zero-order valence-electron chi connectivity index (χ0n) is 14.0. The third-order valence-electron chi connectivity index (χ3n) is 5.58. The van der Waals surface area contributed by atoms with Crippen LogP contribution in [0.25, 0.3) is 0 Å². The Balaban J connectivity index is 1.56. The summed E-state index contributed by atoms with van der Waals surface area (Å²) in [5.41, 5.74) is 1.25. The maximum absolute atomic E-state index is 13.6. The SMILES string of the molecule is C[C@@H](OC(=O)Nc1c(C2CCC2)c(C2CC2(F)F)nn1C)C1CC1. The number of rotatable bonds is 5. The average Bonchev–Trinajstić information content (AvgIpc) is 3.33. The van der Waals surface area contributed by atoms with Gasteiger partial charge in [0.2, 0.25) is 0 Å². The van der Waals surface area contributed by atoms with E-state index in [0.29, 0.717) is 17.4 Å². The summed E-state index contributed by atoms with van der Waals surface area (Å²) in [7, 11) is 1.69. The number of nitrogens with zero attached hydrogens (tertiary/aromatic N) is 2. The van der Waals surface area contributed by atoms with E-state index in [4.69, 9.17) is 4.74 Å². The summed E-state index contributed by atoms with van der Waals surface area (Å²) in [6, 6.07) is 0. The number of nitrogens with one attached hydrogen (secondary N) is 1. The van der Waals surface area contributed by atoms with E-state index in [1.165, 1.54) is 4.68 Å². The van der Waals surface area contributed by atoms with Gasteiger partial charge in [0.25, 0.3) is 5.92 Å². The minimum atomic E-state index is -2.66. The van der Waals surface area contributed by atoms with E-state index in [9.17, 15) is 13.6 Å². The molecule has 4 rings (SSSR count). The number of aryl methyl sites for hydroxylation is 1. The first kappa shape index (κ1) is 15.8. The van der Waals surface area contributed by atoms with Crippen molar-refractivity contribution in [2.45, 2.75) is 69.3 Å². The molecule has 0 radical (unpaired) electrons. The van der Waals surface area contributed by atoms with Crippen molar-refractivity contribution >= 4 is 11.9 Å². The van der Waals surface area contributed by atoms with Crippen LogP contribution >= 0.6 is 0 Å². The van der Waals surface area contributed by atoms with Crippen molar-refractivity contribution in [3.8, 4) is 0 Å². The first-order valence-corrected chi connectivity index (χ1v) is 8.79. The molecule has 7 heteroatoms. The molecule has 5 nitrogen and oxygen atoms in total. The van der Waals surface area contributed by atoms with Gasteiger partial charge in [0.05, 0.1) is 11.6 Å². The number of amides is 1. The highest BCUT2D eigenvalue weighted by atomic mass is 19.3. The van der Waals surface area contributed by atoms with Crippen molar-refractivity contribution in [2.24, 2.45) is 13.0 Å². The molecule has 132 valence electrons. The van der Waals surface area contributed by atoms with Crippen LogP contribution in [-0.4, -0.2) is 27.9 Å². The monoisotopic (exact) mass is 339 g/mol. The number of carbonyl (C=O) groups excluding carboxylic acids is 1. The van der Waals surface area contributed by atoms with E-state index < -0.39 is 17.9 Å². The Labute approximate surface area is 139 Å². The van der Waals surface area contributed by atoms with Gasteiger partial charge in [-0.25, -0.2) is 13.6 Å². The molecule has 3 aliphatic carbocycles. The molecule has 3 aliphatic rings. The second-order valence-corrected chi connectivity index (χ2v) is 7.49. The fourth-order valence-electron chi connectivity index (χ4n) is 3.53. The Hall–Kier alpha value is -1.66. The number of alkyl halides is 2. The number of aromatic nitrogens is 2. The standard InChI is InChI=1S/C17H23F2N3O2/c1-9(10-6-7-10)24-16(23)20-15-13(11-4-3-5-11)14(21-22(15)2)12-8-17(12,18)19/h9-12H,3-8H2,1-2H3,(H,20,23)/t9-,12?/m1/s1. The van der Waals surface area contributed by atoms with Gasteiger partial charge < -0.3 is 4.74 Å². The summed E-state index contributed by atoms with van der Waals surface area (Å²) in [4.78, 5) is 12.2. The molecule has 1 amide bonds. The fraction of sp³-hybridized carbons (Fsp3) is 0.765. The Morgan fingerprint density at radius 1 is 1.38 bits per heavy atom. The van der Waals surface area contributed by atoms with Gasteiger partial charge >= 0.3 is 6.09 Å². The first-order chi connectivity index (χ1) is 11.4. The molecule has 1 unspecified atom stereocenters. The van der Waals surface area contributed by atoms with Crippen LogP contribution in [0.2, 0.25) is 0 Å². The van der Waals surface area contributed by atoms with Crippen LogP contribution in [0.3, 0.4) is 0 Å². The van der Waals surface area contributed by atoms with Crippen LogP contribution in [0, 0.1) is 5.92 Å². The van der Waals surface area contributed by atoms with Gasteiger partial charge in [-0.3, -0.25) is 10.00 Å². The van der Waals surface area contributed by atoms with Crippen LogP contribution in [0.1, 0.15) is 68.5 Å². The van der Waals surface area contributed by atoms with Crippen molar-refractivity contribution in [2.75, 3.05) is 5.32 Å². The second kappa shape index (κ2) is 5.43. The van der Waals surface area contributed by atoms with Crippen molar-refractivity contribution in [3.63, 3.8) is 0 Å². The molecule has 0 aliphatic heterocycles. The Morgan fingerprint density at radius 2 is 2.04 bits per heavy atom. The summed E-state index contributed by atoms with van der Waals surface area (Å²) in [5.74, 6) is -2.29. The highest BCUT2D eigenvalue weighted by Gasteiger charge is 2.60. The Morgan fingerprint density at radius 3 is 2.54 bits per heavy atom. The van der Waals surface area contributed by atoms with Crippen LogP contribution < -0.4 is 5.32 Å². The lowest BCUT2D eigenvalue weighted by Crippen LogP contribution is -2.24. The molecule has 0 aromatic carbocycles. The van der Waals surface area contributed by atoms with Gasteiger partial charge in [0.15, 0.2) is 0 Å². The smallest absolute Gasteiger partial charge is 0.413 e. The van der Waals surface area contributed by atoms with E-state index in [0.717, 1.165) is 37.7 Å². The maximum atomic E-state index is 13.6. The number of halogens is 2. The predicted octanol–water partition coefficient (Wildman–Crippen LogP) is 4.16. The van der Waals surface area contributed by atoms with E-state index in [1.54, 1.807) is 7.05 Å². The molecular formula is C17H23F2N3O2. The molecule has 1 aromatic heterocycles. The summed E-state index contributed by atoms with van der Waals surface area (Å²) < 4.78 is 34.0. The Bertz CT molecular complexity index is 665. The molecule has 0 saturated heterocycles. The van der Waals surface area contributed by atoms with Crippen molar-refractivity contribution in [1.29, 1.82) is 0 Å². The number of ether oxygens (including phenoxy) is 1. The molecule has 1 heterocycles. The normalized spacial score (nSPS) is 26.6. The zero-order chi connectivity index (χ0) is 17.1. The number of anilines is 1. The maximum Gasteiger partial charge on any atom is 0.413 e. The lowest BCUT2D eigenvalue weighted by atomic mass is 9.79. The summed E-state index contributed by atoms with van der Waals surface area (Å²) >= 11 is 0. The minimum Gasteiger partial charge on any atom is -0.446 e. The van der Waals surface area contributed by atoms with Crippen molar-refractivity contribution in [1.82, 2.24) is 9.78 Å². The predicted molar refractivity (Wildman–Crippen MR) is 84.4 cm³/mol. The molecule has 0 bridgehead atoms. The topological polar surface area (TPSA) is 56.1 Å². The molecule has 0 spiro atoms. The zero-order valence-corrected chi connectivity index (χ0v) is 14.0. The largest absolute Gasteiger partial charge is 0.446 e. The summed E-state index contributed by atoms with van der Waals surface area (Å²) in [6.45, 7) is 1.89. The van der Waals surface area contributed by atoms with Crippen molar-refractivity contribution < 1.29 is 18.3 Å². The molecule has 1 N–H and O–H groups in total. The number of hydrogen-bond acceptors (Lipinski definition) is 3. The quantitative estimate of drug-likeness (QED) is 0.876. The highest BCUT2D eigenvalue weighted by molar-refractivity contribution is 5.85. The van der Waals surface area contributed by atoms with E-state index in [1.807, 2.05) is 6.92 Å². The van der Waals surface area contributed by atoms with E-state index in [2.05, 4.69) is 10.4 Å². The molecule has 2 atom stereocenters. The van der Waals surface area contributed by atoms with Crippen LogP contribution in [0.4, 0.5) is 19.4 Å². The van der Waals surface area contributed by atoms with Crippen LogP contribution in [-0.2, 0) is 11.8 Å². The first-order valence-electron chi connectivity index (χ1n) is 8.79. The average molecular weight is 339 g/mol. The number of carbonyl (C=O) groups is 1. The molecular weight excluding hydrogens is 316 g/mol. The summed E-state index contributed by atoms with van der Waals surface area (Å²) in [6.07, 6.45) is 4.40. The van der Waals surface area contributed by atoms with Crippen molar-refractivity contribution in [3.05, 3.63) is 11.3 Å². The van der Waals surface area contributed by atoms with E-state index in [-0.39, 0.29) is 18.4 Å². The third-order valence-corrected chi connectivity index (χ3v) is 5.58. The molecule has 1 aromatic rings. The number of hydrogen-bond donors (Lipinski definition) is 1. The van der Waals surface area contributed by atoms with Gasteiger partial charge in [-0.05, 0) is 44.4 Å². The molecule has 3 fully saturated rings. The van der Waals surface area contributed by atoms with Gasteiger partial charge in [-0.15, -0.1) is 0 Å². The van der Waals surface area contributed by atoms with Gasteiger partial charge in [0.1, 0.15) is 11.9 Å². The summed E-state index contributed by atoms with van der Waals surface area (Å²) in [5, 5.41) is 7.08. The van der Waals surface area contributed by atoms with Gasteiger partial charge in [-0.2, -0.15) is 5.10 Å². The van der Waals surface area contributed by atoms with Gasteiger partial charge in [-0.1, -0.05) is 6.42 Å². The third kappa shape index (κ3) is 2.78. The minimum absolute atomic E-state index is 0.113. The van der Waals surface area contributed by atoms with Gasteiger partial charge in [0, 0.05) is 19.0 Å². The lowest BCUT2D eigenvalue weighted by molar-refractivity contribution is 0.108. The Kier molecular flexibility index (Phi) is 3.58. The van der Waals surface area contributed by atoms with Crippen LogP contribution in [0.5, 0.6) is 0 Å². The van der Waals surface area contributed by atoms with Crippen LogP contribution in [0.15, 0.2) is 0 Å². The fourth-order valence-corrected chi connectivity index (χ4v) is 3.53. The molecule has 24 heavy (non-hydrogen) atoms.